The zero-order valence-electron chi connectivity index (χ0n) is 17.8. The van der Waals surface area contributed by atoms with Crippen molar-refractivity contribution in [1.29, 1.82) is 5.41 Å². The van der Waals surface area contributed by atoms with Crippen molar-refractivity contribution in [2.75, 3.05) is 35.2 Å². The lowest BCUT2D eigenvalue weighted by Gasteiger charge is -2.40. The Kier molecular flexibility index (Phi) is 6.26. The Morgan fingerprint density at radius 2 is 2.09 bits per heavy atom. The first-order valence-electron chi connectivity index (χ1n) is 10.5. The third-order valence-corrected chi connectivity index (χ3v) is 5.55. The molecule has 0 saturated carbocycles. The average molecular weight is 477 g/mol. The van der Waals surface area contributed by atoms with Gasteiger partial charge in [-0.2, -0.15) is 23.1 Å². The van der Waals surface area contributed by atoms with E-state index in [9.17, 15) is 22.8 Å². The lowest BCUT2D eigenvalue weighted by Crippen LogP contribution is -2.48. The first-order chi connectivity index (χ1) is 16.1. The standard InChI is InChI=1S/C21H22F3N7O3/c22-21(23,24)12-2-1-3-13(5-12)27-18-15(7-25)19(31-9-11(10-31)4-17(33)34)30-20(29-18)28-14-6-16(32)26-8-14/h1-3,5,7,11,14,25H,4,6,8-10H2,(H,26,32)(H,33,34)(H2,27,28,29,30). The van der Waals surface area contributed by atoms with E-state index < -0.39 is 17.7 Å². The number of benzene rings is 1. The number of halogens is 3. The van der Waals surface area contributed by atoms with E-state index in [4.69, 9.17) is 10.5 Å². The number of carboxylic acid groups (broad SMARTS) is 1. The summed E-state index contributed by atoms with van der Waals surface area (Å²) < 4.78 is 39.4. The molecule has 0 bridgehead atoms. The van der Waals surface area contributed by atoms with Gasteiger partial charge in [-0.05, 0) is 18.2 Å². The molecule has 2 fully saturated rings. The van der Waals surface area contributed by atoms with Crippen LogP contribution in [0, 0.1) is 11.3 Å². The second-order valence-corrected chi connectivity index (χ2v) is 8.20. The maximum absolute atomic E-state index is 13.1. The number of amides is 1. The highest BCUT2D eigenvalue weighted by Gasteiger charge is 2.33. The smallest absolute Gasteiger partial charge is 0.416 e. The number of aliphatic carboxylic acids is 1. The second-order valence-electron chi connectivity index (χ2n) is 8.20. The number of carboxylic acids is 1. The Labute approximate surface area is 192 Å². The van der Waals surface area contributed by atoms with Crippen LogP contribution in [0.4, 0.5) is 36.4 Å². The maximum Gasteiger partial charge on any atom is 0.416 e. The molecule has 1 amide bonds. The summed E-state index contributed by atoms with van der Waals surface area (Å²) in [5.74, 6) is -0.526. The molecule has 10 nitrogen and oxygen atoms in total. The zero-order chi connectivity index (χ0) is 24.5. The van der Waals surface area contributed by atoms with E-state index in [0.717, 1.165) is 18.3 Å². The first kappa shape index (κ1) is 23.3. The topological polar surface area (TPSA) is 143 Å². The van der Waals surface area contributed by atoms with E-state index in [1.54, 1.807) is 4.90 Å². The molecular formula is C21H22F3N7O3. The summed E-state index contributed by atoms with van der Waals surface area (Å²) in [6, 6.07) is 4.33. The molecular weight excluding hydrogens is 455 g/mol. The van der Waals surface area contributed by atoms with Crippen LogP contribution in [0.15, 0.2) is 24.3 Å². The Morgan fingerprint density at radius 3 is 2.71 bits per heavy atom. The number of hydrogen-bond acceptors (Lipinski definition) is 8. The molecule has 0 spiro atoms. The summed E-state index contributed by atoms with van der Waals surface area (Å²) in [6.07, 6.45) is -3.31. The van der Waals surface area contributed by atoms with E-state index in [2.05, 4.69) is 25.9 Å². The van der Waals surface area contributed by atoms with Gasteiger partial charge in [0.1, 0.15) is 11.6 Å². The minimum atomic E-state index is -4.52. The van der Waals surface area contributed by atoms with Gasteiger partial charge in [-0.25, -0.2) is 0 Å². The number of nitrogens with zero attached hydrogens (tertiary/aromatic N) is 3. The number of carbonyl (C=O) groups is 2. The predicted octanol–water partition coefficient (Wildman–Crippen LogP) is 2.45. The quantitative estimate of drug-likeness (QED) is 0.365. The molecule has 1 atom stereocenters. The van der Waals surface area contributed by atoms with Gasteiger partial charge in [0.05, 0.1) is 23.6 Å². The van der Waals surface area contributed by atoms with Crippen LogP contribution in [0.25, 0.3) is 0 Å². The molecule has 2 aliphatic rings. The molecule has 5 N–H and O–H groups in total. The maximum atomic E-state index is 13.1. The van der Waals surface area contributed by atoms with Crippen LogP contribution >= 0.6 is 0 Å². The van der Waals surface area contributed by atoms with Gasteiger partial charge in [-0.3, -0.25) is 9.59 Å². The highest BCUT2D eigenvalue weighted by Crippen LogP contribution is 2.34. The zero-order valence-corrected chi connectivity index (χ0v) is 17.8. The van der Waals surface area contributed by atoms with Gasteiger partial charge in [0.15, 0.2) is 0 Å². The molecule has 1 unspecified atom stereocenters. The normalized spacial score (nSPS) is 18.3. The summed E-state index contributed by atoms with van der Waals surface area (Å²) >= 11 is 0. The molecule has 4 rings (SSSR count). The lowest BCUT2D eigenvalue weighted by molar-refractivity contribution is -0.138. The van der Waals surface area contributed by atoms with Gasteiger partial charge in [0.2, 0.25) is 11.9 Å². The minimum absolute atomic E-state index is 0.00217. The van der Waals surface area contributed by atoms with Gasteiger partial charge in [0.25, 0.3) is 0 Å². The third kappa shape index (κ3) is 5.18. The molecule has 13 heteroatoms. The van der Waals surface area contributed by atoms with Crippen molar-refractivity contribution in [2.24, 2.45) is 5.92 Å². The molecule has 2 aromatic rings. The molecule has 1 aromatic heterocycles. The summed E-state index contributed by atoms with van der Waals surface area (Å²) in [4.78, 5) is 33.1. The van der Waals surface area contributed by atoms with Crippen molar-refractivity contribution < 1.29 is 27.9 Å². The Bertz CT molecular complexity index is 1120. The molecule has 34 heavy (non-hydrogen) atoms. The fraction of sp³-hybridized carbons (Fsp3) is 0.381. The number of carbonyl (C=O) groups excluding carboxylic acids is 1. The average Bonchev–Trinajstić information content (AvgIpc) is 3.14. The van der Waals surface area contributed by atoms with Crippen molar-refractivity contribution in [3.63, 3.8) is 0 Å². The van der Waals surface area contributed by atoms with Gasteiger partial charge >= 0.3 is 12.1 Å². The van der Waals surface area contributed by atoms with E-state index in [0.29, 0.717) is 25.5 Å². The summed E-state index contributed by atoms with van der Waals surface area (Å²) in [5.41, 5.74) is -0.465. The fourth-order valence-electron chi connectivity index (χ4n) is 3.91. The number of aromatic nitrogens is 2. The molecule has 3 heterocycles. The van der Waals surface area contributed by atoms with Crippen LogP contribution in [0.2, 0.25) is 0 Å². The van der Waals surface area contributed by atoms with Crippen molar-refractivity contribution in [3.8, 4) is 0 Å². The van der Waals surface area contributed by atoms with Crippen LogP contribution in [-0.2, 0) is 15.8 Å². The van der Waals surface area contributed by atoms with Gasteiger partial charge < -0.3 is 31.4 Å². The molecule has 0 aliphatic carbocycles. The number of anilines is 4. The van der Waals surface area contributed by atoms with Crippen molar-refractivity contribution in [2.45, 2.75) is 25.1 Å². The van der Waals surface area contributed by atoms with E-state index in [-0.39, 0.29) is 53.7 Å². The van der Waals surface area contributed by atoms with Crippen LogP contribution in [-0.4, -0.2) is 58.8 Å². The molecule has 2 aliphatic heterocycles. The first-order valence-corrected chi connectivity index (χ1v) is 10.5. The van der Waals surface area contributed by atoms with Crippen molar-refractivity contribution in [3.05, 3.63) is 35.4 Å². The van der Waals surface area contributed by atoms with Crippen LogP contribution in [0.5, 0.6) is 0 Å². The summed E-state index contributed by atoms with van der Waals surface area (Å²) in [5, 5.41) is 25.5. The van der Waals surface area contributed by atoms with Gasteiger partial charge in [-0.1, -0.05) is 6.07 Å². The van der Waals surface area contributed by atoms with Crippen LogP contribution < -0.4 is 20.9 Å². The molecule has 180 valence electrons. The Balaban J connectivity index is 1.66. The number of alkyl halides is 3. The van der Waals surface area contributed by atoms with Crippen molar-refractivity contribution >= 4 is 41.4 Å². The van der Waals surface area contributed by atoms with E-state index in [1.165, 1.54) is 12.1 Å². The SMILES string of the molecule is N=Cc1c(Nc2cccc(C(F)(F)F)c2)nc(NC2CNC(=O)C2)nc1N1CC(CC(=O)O)C1. The lowest BCUT2D eigenvalue weighted by atomic mass is 9.96. The van der Waals surface area contributed by atoms with Gasteiger partial charge in [-0.15, -0.1) is 0 Å². The monoisotopic (exact) mass is 477 g/mol. The number of nitrogens with one attached hydrogen (secondary N) is 4. The van der Waals surface area contributed by atoms with Crippen molar-refractivity contribution in [1.82, 2.24) is 15.3 Å². The van der Waals surface area contributed by atoms with Gasteiger partial charge in [0, 0.05) is 43.9 Å². The van der Waals surface area contributed by atoms with E-state index in [1.807, 2.05) is 0 Å². The number of rotatable bonds is 8. The fourth-order valence-corrected chi connectivity index (χ4v) is 3.91. The van der Waals surface area contributed by atoms with E-state index >= 15 is 0 Å². The summed E-state index contributed by atoms with van der Waals surface area (Å²) in [7, 11) is 0. The predicted molar refractivity (Wildman–Crippen MR) is 118 cm³/mol. The molecule has 2 saturated heterocycles. The highest BCUT2D eigenvalue weighted by molar-refractivity contribution is 5.93. The Morgan fingerprint density at radius 1 is 1.32 bits per heavy atom. The largest absolute Gasteiger partial charge is 0.481 e. The second kappa shape index (κ2) is 9.15. The van der Waals surface area contributed by atoms with Crippen LogP contribution in [0.1, 0.15) is 24.0 Å². The highest BCUT2D eigenvalue weighted by atomic mass is 19.4. The molecule has 0 radical (unpaired) electrons. The summed E-state index contributed by atoms with van der Waals surface area (Å²) in [6.45, 7) is 1.16. The Hall–Kier alpha value is -3.90. The number of hydrogen-bond donors (Lipinski definition) is 5. The minimum Gasteiger partial charge on any atom is -0.481 e. The molecule has 1 aromatic carbocycles. The van der Waals surface area contributed by atoms with Crippen LogP contribution in [0.3, 0.4) is 0 Å². The third-order valence-electron chi connectivity index (χ3n) is 5.55.